The number of alkyl carbamates (subject to hydrolysis) is 1. The number of esters is 4. The van der Waals surface area contributed by atoms with Gasteiger partial charge < -0.3 is 60.5 Å². The third-order valence-electron chi connectivity index (χ3n) is 13.6. The molecule has 4 fully saturated rings. The third kappa shape index (κ3) is 10.9. The summed E-state index contributed by atoms with van der Waals surface area (Å²) in [6.45, 7) is 11.5. The Morgan fingerprint density at radius 1 is 1.01 bits per heavy atom. The van der Waals surface area contributed by atoms with Crippen molar-refractivity contribution in [2.75, 3.05) is 12.9 Å². The Balaban J connectivity index is 0.00000164. The predicted octanol–water partition coefficient (Wildman–Crippen LogP) is 0.555. The maximum absolute atomic E-state index is 15.1. The molecule has 0 spiro atoms. The van der Waals surface area contributed by atoms with Gasteiger partial charge in [-0.2, -0.15) is 8.42 Å². The van der Waals surface area contributed by atoms with Gasteiger partial charge in [-0.3, -0.25) is 23.7 Å². The number of amides is 2. The zero-order chi connectivity index (χ0) is 51.3. The number of nitrogens with two attached hydrogens (primary N) is 2. The normalized spacial score (nSPS) is 31.9. The van der Waals surface area contributed by atoms with Gasteiger partial charge in [0.1, 0.15) is 35.6 Å². The highest BCUT2D eigenvalue weighted by Crippen LogP contribution is 2.64. The van der Waals surface area contributed by atoms with E-state index in [1.807, 2.05) is 0 Å². The number of carbonyl (C=O) groups excluding carboxylic acids is 7. The Morgan fingerprint density at radius 3 is 2.10 bits per heavy atom. The van der Waals surface area contributed by atoms with E-state index in [1.165, 1.54) is 39.8 Å². The molecule has 23 heteroatoms. The number of hydrogen-bond acceptors (Lipinski definition) is 19. The lowest BCUT2D eigenvalue weighted by molar-refractivity contribution is -0.346. The Morgan fingerprint density at radius 2 is 1.60 bits per heavy atom. The van der Waals surface area contributed by atoms with Gasteiger partial charge in [0.25, 0.3) is 10.1 Å². The third-order valence-corrected chi connectivity index (χ3v) is 13.6. The van der Waals surface area contributed by atoms with Gasteiger partial charge >= 0.3 is 30.0 Å². The molecule has 3 saturated carbocycles. The minimum atomic E-state index is -3.67. The van der Waals surface area contributed by atoms with Gasteiger partial charge in [0.05, 0.1) is 54.4 Å². The molecule has 1 aromatic carbocycles. The second-order valence-electron chi connectivity index (χ2n) is 20.0. The molecule has 1 saturated heterocycles. The molecular weight excluding hydrogens is 919 g/mol. The number of rotatable bonds is 12. The molecule has 0 aromatic heterocycles. The lowest BCUT2D eigenvalue weighted by Crippen LogP contribution is -2.81. The summed E-state index contributed by atoms with van der Waals surface area (Å²) in [5, 5.41) is 40.4. The molecule has 1 aliphatic heterocycles. The molecule has 1 heterocycles. The molecule has 1 aromatic rings. The highest BCUT2D eigenvalue weighted by Gasteiger charge is 2.78. The molecule has 2 amide bonds. The van der Waals surface area contributed by atoms with Crippen molar-refractivity contribution in [3.8, 4) is 0 Å². The summed E-state index contributed by atoms with van der Waals surface area (Å²) in [7, 11) is -3.67. The second-order valence-corrected chi connectivity index (χ2v) is 21.4. The molecule has 5 aliphatic rings. The summed E-state index contributed by atoms with van der Waals surface area (Å²) in [6.07, 6.45) is -10.8. The molecule has 378 valence electrons. The molecule has 4 aliphatic carbocycles. The lowest BCUT2D eigenvalue weighted by atomic mass is 9.44. The lowest BCUT2D eigenvalue weighted by Gasteiger charge is -2.67. The number of fused-ring (bicyclic) bond motifs is 5. The number of hydrogen-bond donors (Lipinski definition) is 7. The van der Waals surface area contributed by atoms with Crippen LogP contribution in [0.15, 0.2) is 41.5 Å². The molecule has 12 atom stereocenters. The van der Waals surface area contributed by atoms with E-state index in [0.717, 1.165) is 6.92 Å². The van der Waals surface area contributed by atoms with Crippen molar-refractivity contribution in [3.05, 3.63) is 47.0 Å². The van der Waals surface area contributed by atoms with Crippen LogP contribution in [0.4, 0.5) is 4.79 Å². The van der Waals surface area contributed by atoms with Crippen LogP contribution in [0.3, 0.4) is 0 Å². The van der Waals surface area contributed by atoms with Crippen molar-refractivity contribution in [1.29, 1.82) is 0 Å². The Bertz CT molecular complexity index is 2300. The van der Waals surface area contributed by atoms with Crippen LogP contribution < -0.4 is 16.8 Å². The first-order valence-corrected chi connectivity index (χ1v) is 23.8. The Labute approximate surface area is 393 Å². The van der Waals surface area contributed by atoms with Crippen LogP contribution in [-0.4, -0.2) is 148 Å². The smallest absolute Gasteiger partial charge is 0.408 e. The van der Waals surface area contributed by atoms with Crippen molar-refractivity contribution < 1.29 is 90.3 Å². The predicted molar refractivity (Wildman–Crippen MR) is 234 cm³/mol. The van der Waals surface area contributed by atoms with Crippen LogP contribution in [0.2, 0.25) is 0 Å². The number of primary amides is 1. The number of ketones is 1. The highest BCUT2D eigenvalue weighted by molar-refractivity contribution is 7.85. The van der Waals surface area contributed by atoms with Crippen LogP contribution in [0.25, 0.3) is 0 Å². The number of nitrogens with one attached hydrogen (secondary N) is 1. The fraction of sp³-hybridized carbons (Fsp3) is 0.667. The standard InChI is InChI=1S/C44H59N3O16.CH4O3S/c1-20-25(59-38(55)32(60-28(50)16-24(45)36(46)53)30(22-14-15-22)47-39(56)63-40(3,4)5)18-44(57)35(61-37(54)23-12-10-9-11-13-23)33-42(8,34(52)31(51)29(20)41(44,6)7)26(49)17-27-43(33,19-58-27)62-21(2)48;1-5(2,3)4/h9-13,22,24-27,30-33,35,49,51,57H,14-19,45H2,1-8H3,(H2,46,53)(H,47,56);1H3,(H,2,3,4)/t24-,25-,26-,27+,30?,31+,32?,33-,35-,42+,43-,44+;/m0./s1. The van der Waals surface area contributed by atoms with Gasteiger partial charge in [0.2, 0.25) is 12.0 Å². The Hall–Kier alpha value is -5.04. The average molecular weight is 982 g/mol. The maximum atomic E-state index is 15.1. The fourth-order valence-corrected chi connectivity index (χ4v) is 10.1. The summed E-state index contributed by atoms with van der Waals surface area (Å²) in [5.41, 5.74) is 2.09. The zero-order valence-electron chi connectivity index (χ0n) is 39.4. The van der Waals surface area contributed by atoms with Crippen molar-refractivity contribution in [3.63, 3.8) is 0 Å². The van der Waals surface area contributed by atoms with E-state index in [-0.39, 0.29) is 29.7 Å². The first-order chi connectivity index (χ1) is 31.2. The largest absolute Gasteiger partial charge is 0.455 e. The van der Waals surface area contributed by atoms with E-state index >= 15 is 4.79 Å². The summed E-state index contributed by atoms with van der Waals surface area (Å²) in [5.74, 6) is -8.12. The van der Waals surface area contributed by atoms with Gasteiger partial charge in [-0.1, -0.05) is 32.0 Å². The van der Waals surface area contributed by atoms with E-state index in [0.29, 0.717) is 19.1 Å². The van der Waals surface area contributed by atoms with E-state index in [9.17, 15) is 52.5 Å². The summed E-state index contributed by atoms with van der Waals surface area (Å²) in [6, 6.07) is 5.01. The van der Waals surface area contributed by atoms with Crippen LogP contribution >= 0.6 is 0 Å². The van der Waals surface area contributed by atoms with Crippen LogP contribution in [0.5, 0.6) is 0 Å². The van der Waals surface area contributed by atoms with Crippen molar-refractivity contribution in [2.45, 2.75) is 153 Å². The molecule has 0 radical (unpaired) electrons. The average Bonchev–Trinajstić information content (AvgIpc) is 4.05. The zero-order valence-corrected chi connectivity index (χ0v) is 40.2. The highest BCUT2D eigenvalue weighted by atomic mass is 32.2. The molecular formula is C45H63N3O19S. The summed E-state index contributed by atoms with van der Waals surface area (Å²) >= 11 is 0. The minimum Gasteiger partial charge on any atom is -0.455 e. The van der Waals surface area contributed by atoms with Crippen molar-refractivity contribution >= 4 is 51.8 Å². The topological polar surface area (TPSA) is 354 Å². The first kappa shape index (κ1) is 53.9. The number of benzene rings is 1. The summed E-state index contributed by atoms with van der Waals surface area (Å²) < 4.78 is 61.3. The first-order valence-electron chi connectivity index (χ1n) is 22.0. The molecule has 68 heavy (non-hydrogen) atoms. The molecule has 22 nitrogen and oxygen atoms in total. The number of aliphatic hydroxyl groups excluding tert-OH is 2. The van der Waals surface area contributed by atoms with Crippen LogP contribution in [0.1, 0.15) is 97.9 Å². The van der Waals surface area contributed by atoms with E-state index in [4.69, 9.17) is 44.4 Å². The fourth-order valence-electron chi connectivity index (χ4n) is 10.1. The van der Waals surface area contributed by atoms with Gasteiger partial charge in [-0.15, -0.1) is 0 Å². The summed E-state index contributed by atoms with van der Waals surface area (Å²) in [4.78, 5) is 95.0. The van der Waals surface area contributed by atoms with Crippen molar-refractivity contribution in [2.24, 2.45) is 34.1 Å². The van der Waals surface area contributed by atoms with Crippen LogP contribution in [-0.2, 0) is 62.5 Å². The van der Waals surface area contributed by atoms with Gasteiger partial charge in [0, 0.05) is 25.2 Å². The number of aliphatic hydroxyl groups is 3. The van der Waals surface area contributed by atoms with E-state index < -0.39 is 153 Å². The molecule has 6 rings (SSSR count). The Kier molecular flexibility index (Phi) is 15.4. The SMILES string of the molecule is CC(=O)O[C@@]12CO[C@@H]1C[C@H](O)[C@@]1(C)C(=O)[C@H](O)C3=C(C)[C@@H](OC(=O)C(OC(=O)C[C@H](N)C(N)=O)C(NC(=O)OC(C)(C)C)C4CC4)C[C@@](O)([C@@H](OC(=O)c4ccccc4)[C@H]21)C3(C)C.CS(=O)(=O)O. The van der Waals surface area contributed by atoms with Gasteiger partial charge in [-0.05, 0) is 76.7 Å². The minimum absolute atomic E-state index is 0.0448. The second kappa shape index (κ2) is 19.4. The monoisotopic (exact) mass is 981 g/mol. The quantitative estimate of drug-likeness (QED) is 0.0651. The van der Waals surface area contributed by atoms with Crippen LogP contribution in [0, 0.1) is 22.7 Å². The van der Waals surface area contributed by atoms with Crippen molar-refractivity contribution in [1.82, 2.24) is 5.32 Å². The molecule has 2 unspecified atom stereocenters. The van der Waals surface area contributed by atoms with Gasteiger partial charge in [-0.25, -0.2) is 14.4 Å². The van der Waals surface area contributed by atoms with E-state index in [1.54, 1.807) is 39.0 Å². The number of ether oxygens (including phenoxy) is 6. The number of Topliss-reactive ketones (excluding diaryl/α,β-unsaturated/α-hetero) is 1. The molecule has 9 N–H and O–H groups in total. The van der Waals surface area contributed by atoms with E-state index in [2.05, 4.69) is 5.32 Å². The number of carbonyl (C=O) groups is 7. The maximum Gasteiger partial charge on any atom is 0.408 e. The molecule has 2 bridgehead atoms. The van der Waals surface area contributed by atoms with Gasteiger partial charge in [0.15, 0.2) is 11.4 Å².